The SMILES string of the molecule is CCOc1ccc(-c2nc(NC(C)=O)c3c(=O)oc4c(OC)cccc4c3n2)cc1. The molecule has 0 bridgehead atoms. The average molecular weight is 405 g/mol. The van der Waals surface area contributed by atoms with Gasteiger partial charge in [-0.25, -0.2) is 14.8 Å². The Morgan fingerprint density at radius 2 is 1.90 bits per heavy atom. The van der Waals surface area contributed by atoms with Crippen molar-refractivity contribution in [2.24, 2.45) is 0 Å². The lowest BCUT2D eigenvalue weighted by molar-refractivity contribution is -0.114. The van der Waals surface area contributed by atoms with Gasteiger partial charge in [-0.1, -0.05) is 6.07 Å². The molecular formula is C22H19N3O5. The van der Waals surface area contributed by atoms with Gasteiger partial charge in [-0.15, -0.1) is 0 Å². The molecule has 0 saturated heterocycles. The Balaban J connectivity index is 2.03. The predicted molar refractivity (Wildman–Crippen MR) is 113 cm³/mol. The Labute approximate surface area is 171 Å². The van der Waals surface area contributed by atoms with Crippen LogP contribution >= 0.6 is 0 Å². The van der Waals surface area contributed by atoms with Gasteiger partial charge in [0.2, 0.25) is 5.91 Å². The number of para-hydroxylation sites is 1. The van der Waals surface area contributed by atoms with E-state index in [2.05, 4.69) is 15.3 Å². The van der Waals surface area contributed by atoms with Crippen LogP contribution in [0.4, 0.5) is 5.82 Å². The molecule has 2 heterocycles. The van der Waals surface area contributed by atoms with Crippen molar-refractivity contribution in [2.45, 2.75) is 13.8 Å². The Morgan fingerprint density at radius 3 is 2.57 bits per heavy atom. The van der Waals surface area contributed by atoms with Crippen molar-refractivity contribution in [3.63, 3.8) is 0 Å². The molecule has 0 radical (unpaired) electrons. The van der Waals surface area contributed by atoms with Gasteiger partial charge in [0, 0.05) is 17.9 Å². The van der Waals surface area contributed by atoms with Crippen LogP contribution in [0.15, 0.2) is 51.7 Å². The number of anilines is 1. The van der Waals surface area contributed by atoms with Gasteiger partial charge in [-0.05, 0) is 43.3 Å². The number of nitrogens with one attached hydrogen (secondary N) is 1. The maximum Gasteiger partial charge on any atom is 0.349 e. The lowest BCUT2D eigenvalue weighted by Gasteiger charge is -2.11. The number of rotatable bonds is 5. The lowest BCUT2D eigenvalue weighted by atomic mass is 10.1. The molecule has 0 saturated carbocycles. The van der Waals surface area contributed by atoms with E-state index in [0.717, 1.165) is 5.75 Å². The molecule has 8 nitrogen and oxygen atoms in total. The number of aromatic nitrogens is 2. The summed E-state index contributed by atoms with van der Waals surface area (Å²) >= 11 is 0. The second-order valence-corrected chi connectivity index (χ2v) is 6.48. The van der Waals surface area contributed by atoms with Crippen LogP contribution in [0.25, 0.3) is 33.3 Å². The van der Waals surface area contributed by atoms with Crippen LogP contribution in [0.2, 0.25) is 0 Å². The summed E-state index contributed by atoms with van der Waals surface area (Å²) < 4.78 is 16.3. The summed E-state index contributed by atoms with van der Waals surface area (Å²) in [5.74, 6) is 1.21. The largest absolute Gasteiger partial charge is 0.494 e. The first-order valence-corrected chi connectivity index (χ1v) is 9.34. The van der Waals surface area contributed by atoms with Crippen LogP contribution < -0.4 is 20.4 Å². The Hall–Kier alpha value is -3.94. The monoisotopic (exact) mass is 405 g/mol. The highest BCUT2D eigenvalue weighted by molar-refractivity contribution is 6.09. The van der Waals surface area contributed by atoms with E-state index in [4.69, 9.17) is 13.9 Å². The van der Waals surface area contributed by atoms with Crippen molar-refractivity contribution in [2.75, 3.05) is 19.0 Å². The second-order valence-electron chi connectivity index (χ2n) is 6.48. The normalized spacial score (nSPS) is 10.9. The molecule has 0 unspecified atom stereocenters. The summed E-state index contributed by atoms with van der Waals surface area (Å²) in [5.41, 5.74) is 0.686. The summed E-state index contributed by atoms with van der Waals surface area (Å²) in [6.07, 6.45) is 0. The maximum absolute atomic E-state index is 12.8. The third kappa shape index (κ3) is 3.43. The van der Waals surface area contributed by atoms with E-state index >= 15 is 0 Å². The van der Waals surface area contributed by atoms with Gasteiger partial charge < -0.3 is 19.2 Å². The fourth-order valence-electron chi connectivity index (χ4n) is 3.21. The van der Waals surface area contributed by atoms with Gasteiger partial charge >= 0.3 is 5.63 Å². The van der Waals surface area contributed by atoms with Gasteiger partial charge in [0.15, 0.2) is 23.0 Å². The lowest BCUT2D eigenvalue weighted by Crippen LogP contribution is -2.13. The minimum absolute atomic E-state index is 0.0925. The maximum atomic E-state index is 12.8. The fraction of sp³-hybridized carbons (Fsp3) is 0.182. The van der Waals surface area contributed by atoms with E-state index in [1.807, 2.05) is 31.2 Å². The van der Waals surface area contributed by atoms with Crippen LogP contribution in [0.5, 0.6) is 11.5 Å². The molecule has 0 atom stereocenters. The zero-order valence-corrected chi connectivity index (χ0v) is 16.7. The van der Waals surface area contributed by atoms with Crippen LogP contribution in [0.3, 0.4) is 0 Å². The van der Waals surface area contributed by atoms with Crippen molar-refractivity contribution in [1.29, 1.82) is 0 Å². The first-order chi connectivity index (χ1) is 14.5. The molecule has 152 valence electrons. The summed E-state index contributed by atoms with van der Waals surface area (Å²) in [7, 11) is 1.49. The number of carbonyl (C=O) groups excluding carboxylic acids is 1. The fourth-order valence-corrected chi connectivity index (χ4v) is 3.21. The van der Waals surface area contributed by atoms with Crippen LogP contribution in [-0.2, 0) is 4.79 Å². The van der Waals surface area contributed by atoms with E-state index in [1.165, 1.54) is 14.0 Å². The summed E-state index contributed by atoms with van der Waals surface area (Å²) in [5, 5.41) is 3.29. The van der Waals surface area contributed by atoms with E-state index in [0.29, 0.717) is 34.6 Å². The van der Waals surface area contributed by atoms with Crippen molar-refractivity contribution in [3.05, 3.63) is 52.9 Å². The molecule has 0 spiro atoms. The zero-order chi connectivity index (χ0) is 21.3. The Bertz CT molecular complexity index is 1310. The molecule has 0 fully saturated rings. The quantitative estimate of drug-likeness (QED) is 0.398. The number of ether oxygens (including phenoxy) is 2. The van der Waals surface area contributed by atoms with Gasteiger partial charge in [-0.2, -0.15) is 0 Å². The van der Waals surface area contributed by atoms with Crippen molar-refractivity contribution < 1.29 is 18.7 Å². The summed E-state index contributed by atoms with van der Waals surface area (Å²) in [6, 6.07) is 12.5. The highest BCUT2D eigenvalue weighted by atomic mass is 16.5. The third-order valence-corrected chi connectivity index (χ3v) is 4.48. The molecule has 2 aromatic heterocycles. The number of carbonyl (C=O) groups is 1. The predicted octanol–water partition coefficient (Wildman–Crippen LogP) is 3.77. The van der Waals surface area contributed by atoms with Crippen LogP contribution in [0.1, 0.15) is 13.8 Å². The molecule has 4 aromatic rings. The number of amides is 1. The number of benzene rings is 2. The van der Waals surface area contributed by atoms with E-state index in [-0.39, 0.29) is 22.7 Å². The minimum atomic E-state index is -0.663. The molecule has 2 aromatic carbocycles. The second kappa shape index (κ2) is 7.82. The highest BCUT2D eigenvalue weighted by Gasteiger charge is 2.19. The standard InChI is InChI=1S/C22H19N3O5/c1-4-29-14-10-8-13(9-11-14)20-24-18-15-6-5-7-16(28-3)19(15)30-22(27)17(18)21(25-20)23-12(2)26/h5-11H,4H2,1-3H3,(H,23,24,25,26). The molecule has 1 amide bonds. The first kappa shape index (κ1) is 19.4. The number of hydrogen-bond acceptors (Lipinski definition) is 7. The van der Waals surface area contributed by atoms with E-state index in [1.54, 1.807) is 18.2 Å². The smallest absolute Gasteiger partial charge is 0.349 e. The topological polar surface area (TPSA) is 104 Å². The molecule has 30 heavy (non-hydrogen) atoms. The van der Waals surface area contributed by atoms with Gasteiger partial charge in [0.05, 0.1) is 19.2 Å². The van der Waals surface area contributed by atoms with Crippen LogP contribution in [-0.4, -0.2) is 29.6 Å². The van der Waals surface area contributed by atoms with Crippen molar-refractivity contribution in [1.82, 2.24) is 9.97 Å². The van der Waals surface area contributed by atoms with E-state index in [9.17, 15) is 9.59 Å². The molecule has 4 rings (SSSR count). The molecule has 8 heteroatoms. The third-order valence-electron chi connectivity index (χ3n) is 4.48. The van der Waals surface area contributed by atoms with E-state index < -0.39 is 5.63 Å². The minimum Gasteiger partial charge on any atom is -0.494 e. The zero-order valence-electron chi connectivity index (χ0n) is 16.7. The Kier molecular flexibility index (Phi) is 5.05. The number of fused-ring (bicyclic) bond motifs is 3. The highest BCUT2D eigenvalue weighted by Crippen LogP contribution is 2.32. The van der Waals surface area contributed by atoms with Crippen molar-refractivity contribution in [3.8, 4) is 22.9 Å². The molecule has 0 aliphatic heterocycles. The molecule has 0 aliphatic rings. The van der Waals surface area contributed by atoms with Crippen LogP contribution in [0, 0.1) is 0 Å². The average Bonchev–Trinajstić information content (AvgIpc) is 2.73. The Morgan fingerprint density at radius 1 is 1.13 bits per heavy atom. The number of methoxy groups -OCH3 is 1. The van der Waals surface area contributed by atoms with Crippen molar-refractivity contribution >= 4 is 33.6 Å². The molecular weight excluding hydrogens is 386 g/mol. The molecule has 1 N–H and O–H groups in total. The van der Waals surface area contributed by atoms with Gasteiger partial charge in [0.1, 0.15) is 11.1 Å². The van der Waals surface area contributed by atoms with Gasteiger partial charge in [-0.3, -0.25) is 4.79 Å². The summed E-state index contributed by atoms with van der Waals surface area (Å²) in [6.45, 7) is 3.81. The number of hydrogen-bond donors (Lipinski definition) is 1. The molecule has 0 aliphatic carbocycles. The summed E-state index contributed by atoms with van der Waals surface area (Å²) in [4.78, 5) is 33.6. The first-order valence-electron chi connectivity index (χ1n) is 9.34. The van der Waals surface area contributed by atoms with Gasteiger partial charge in [0.25, 0.3) is 0 Å². The number of nitrogens with zero attached hydrogens (tertiary/aromatic N) is 2.